The number of aliphatic hydroxyl groups excluding tert-OH is 1. The molecule has 4 heteroatoms. The van der Waals surface area contributed by atoms with Gasteiger partial charge in [-0.3, -0.25) is 0 Å². The van der Waals surface area contributed by atoms with Crippen molar-refractivity contribution in [3.05, 3.63) is 23.4 Å². The highest BCUT2D eigenvalue weighted by molar-refractivity contribution is 5.43. The Morgan fingerprint density at radius 1 is 1.53 bits per heavy atom. The lowest BCUT2D eigenvalue weighted by atomic mass is 10.1. The summed E-state index contributed by atoms with van der Waals surface area (Å²) in [5, 5.41) is 8.96. The van der Waals surface area contributed by atoms with Crippen LogP contribution in [0.25, 0.3) is 0 Å². The van der Waals surface area contributed by atoms with Gasteiger partial charge in [0.15, 0.2) is 0 Å². The van der Waals surface area contributed by atoms with Crippen LogP contribution in [-0.4, -0.2) is 29.8 Å². The molecule has 0 aliphatic carbocycles. The van der Waals surface area contributed by atoms with E-state index < -0.39 is 0 Å². The first-order valence-corrected chi connectivity index (χ1v) is 6.26. The molecular weight excluding hydrogens is 214 g/mol. The maximum atomic E-state index is 8.96. The Labute approximate surface area is 102 Å². The van der Waals surface area contributed by atoms with Crippen LogP contribution in [0, 0.1) is 12.8 Å². The monoisotopic (exact) mass is 235 g/mol. The van der Waals surface area contributed by atoms with Gasteiger partial charge < -0.3 is 15.7 Å². The minimum Gasteiger partial charge on any atom is -0.396 e. The number of anilines is 1. The highest BCUT2D eigenvalue weighted by atomic mass is 16.3. The third-order valence-corrected chi connectivity index (χ3v) is 3.38. The second-order valence-electron chi connectivity index (χ2n) is 4.79. The lowest BCUT2D eigenvalue weighted by Gasteiger charge is -2.18. The third kappa shape index (κ3) is 2.96. The van der Waals surface area contributed by atoms with Gasteiger partial charge in [0.1, 0.15) is 5.82 Å². The Balaban J connectivity index is 2.10. The predicted octanol–water partition coefficient (Wildman–Crippen LogP) is 1.06. The van der Waals surface area contributed by atoms with Gasteiger partial charge in [0.2, 0.25) is 0 Å². The minimum atomic E-state index is 0.286. The molecule has 1 unspecified atom stereocenters. The molecule has 1 aromatic heterocycles. The van der Waals surface area contributed by atoms with Gasteiger partial charge in [-0.1, -0.05) is 0 Å². The van der Waals surface area contributed by atoms with E-state index in [9.17, 15) is 0 Å². The number of aryl methyl sites for hydroxylation is 1. The van der Waals surface area contributed by atoms with Gasteiger partial charge in [-0.05, 0) is 43.4 Å². The van der Waals surface area contributed by atoms with Crippen molar-refractivity contribution in [2.24, 2.45) is 11.7 Å². The first-order chi connectivity index (χ1) is 8.22. The zero-order valence-corrected chi connectivity index (χ0v) is 10.4. The third-order valence-electron chi connectivity index (χ3n) is 3.38. The van der Waals surface area contributed by atoms with E-state index in [1.54, 1.807) is 0 Å². The van der Waals surface area contributed by atoms with Crippen LogP contribution in [0.1, 0.15) is 24.1 Å². The number of hydrogen-bond acceptors (Lipinski definition) is 4. The molecule has 94 valence electrons. The van der Waals surface area contributed by atoms with E-state index in [1.165, 1.54) is 0 Å². The van der Waals surface area contributed by atoms with Gasteiger partial charge in [-0.15, -0.1) is 0 Å². The molecule has 0 saturated carbocycles. The minimum absolute atomic E-state index is 0.286. The van der Waals surface area contributed by atoms with Crippen molar-refractivity contribution < 1.29 is 5.11 Å². The van der Waals surface area contributed by atoms with E-state index in [0.717, 1.165) is 43.0 Å². The van der Waals surface area contributed by atoms with Gasteiger partial charge in [-0.25, -0.2) is 4.98 Å². The number of aromatic nitrogens is 1. The molecule has 0 amide bonds. The number of pyridine rings is 1. The highest BCUT2D eigenvalue weighted by Gasteiger charge is 2.23. The van der Waals surface area contributed by atoms with Gasteiger partial charge in [0, 0.05) is 31.9 Å². The number of hydrogen-bond donors (Lipinski definition) is 2. The summed E-state index contributed by atoms with van der Waals surface area (Å²) in [6.07, 6.45) is 2.04. The molecule has 0 aromatic carbocycles. The summed E-state index contributed by atoms with van der Waals surface area (Å²) in [5.41, 5.74) is 7.84. The van der Waals surface area contributed by atoms with Crippen LogP contribution in [0.4, 0.5) is 5.82 Å². The Hall–Kier alpha value is -1.13. The Kier molecular flexibility index (Phi) is 3.97. The molecule has 0 bridgehead atoms. The average Bonchev–Trinajstić information content (AvgIpc) is 2.77. The van der Waals surface area contributed by atoms with Crippen molar-refractivity contribution in [2.45, 2.75) is 26.3 Å². The maximum absolute atomic E-state index is 8.96. The Morgan fingerprint density at radius 3 is 3.06 bits per heavy atom. The van der Waals surface area contributed by atoms with Crippen molar-refractivity contribution in [2.75, 3.05) is 24.6 Å². The summed E-state index contributed by atoms with van der Waals surface area (Å²) in [5.74, 6) is 1.63. The van der Waals surface area contributed by atoms with Crippen molar-refractivity contribution >= 4 is 5.82 Å². The molecule has 1 aliphatic rings. The van der Waals surface area contributed by atoms with Gasteiger partial charge >= 0.3 is 0 Å². The molecule has 3 N–H and O–H groups in total. The number of nitrogens with two attached hydrogens (primary N) is 1. The largest absolute Gasteiger partial charge is 0.396 e. The summed E-state index contributed by atoms with van der Waals surface area (Å²) in [4.78, 5) is 6.86. The van der Waals surface area contributed by atoms with Crippen molar-refractivity contribution in [1.29, 1.82) is 0 Å². The van der Waals surface area contributed by atoms with E-state index in [4.69, 9.17) is 10.8 Å². The van der Waals surface area contributed by atoms with Crippen LogP contribution < -0.4 is 10.6 Å². The number of nitrogens with zero attached hydrogens (tertiary/aromatic N) is 2. The zero-order valence-electron chi connectivity index (χ0n) is 10.4. The van der Waals surface area contributed by atoms with Crippen LogP contribution >= 0.6 is 0 Å². The first kappa shape index (κ1) is 12.3. The van der Waals surface area contributed by atoms with Gasteiger partial charge in [-0.2, -0.15) is 0 Å². The molecule has 1 fully saturated rings. The Morgan fingerprint density at radius 2 is 2.35 bits per heavy atom. The fraction of sp³-hybridized carbons (Fsp3) is 0.615. The molecule has 0 spiro atoms. The molecule has 1 aliphatic heterocycles. The van der Waals surface area contributed by atoms with E-state index >= 15 is 0 Å². The van der Waals surface area contributed by atoms with Gasteiger partial charge in [0.25, 0.3) is 0 Å². The van der Waals surface area contributed by atoms with Crippen molar-refractivity contribution in [1.82, 2.24) is 4.98 Å². The van der Waals surface area contributed by atoms with Crippen molar-refractivity contribution in [3.63, 3.8) is 0 Å². The Bertz CT molecular complexity index is 381. The average molecular weight is 235 g/mol. The first-order valence-electron chi connectivity index (χ1n) is 6.26. The normalized spacial score (nSPS) is 19.9. The quantitative estimate of drug-likeness (QED) is 0.819. The molecule has 1 atom stereocenters. The number of aliphatic hydroxyl groups is 1. The highest BCUT2D eigenvalue weighted by Crippen LogP contribution is 2.25. The molecule has 2 heterocycles. The van der Waals surface area contributed by atoms with E-state index in [-0.39, 0.29) is 6.61 Å². The fourth-order valence-corrected chi connectivity index (χ4v) is 2.46. The van der Waals surface area contributed by atoms with E-state index in [0.29, 0.717) is 12.5 Å². The second-order valence-corrected chi connectivity index (χ2v) is 4.79. The topological polar surface area (TPSA) is 62.4 Å². The van der Waals surface area contributed by atoms with Crippen LogP contribution in [0.15, 0.2) is 12.1 Å². The van der Waals surface area contributed by atoms with Crippen LogP contribution in [-0.2, 0) is 6.54 Å². The maximum Gasteiger partial charge on any atom is 0.129 e. The SMILES string of the molecule is Cc1cc(CN)cc(N2CCC(CCO)C2)n1. The molecule has 4 nitrogen and oxygen atoms in total. The zero-order chi connectivity index (χ0) is 12.3. The molecular formula is C13H21N3O. The lowest BCUT2D eigenvalue weighted by molar-refractivity contribution is 0.263. The fourth-order valence-electron chi connectivity index (χ4n) is 2.46. The number of rotatable bonds is 4. The standard InChI is InChI=1S/C13H21N3O/c1-10-6-12(8-14)7-13(15-10)16-4-2-11(9-16)3-5-17/h6-7,11,17H,2-5,8-9,14H2,1H3. The second kappa shape index (κ2) is 5.47. The molecule has 1 aromatic rings. The summed E-state index contributed by atoms with van der Waals surface area (Å²) in [6, 6.07) is 4.11. The van der Waals surface area contributed by atoms with E-state index in [2.05, 4.69) is 16.0 Å². The smallest absolute Gasteiger partial charge is 0.129 e. The van der Waals surface area contributed by atoms with Crippen LogP contribution in [0.5, 0.6) is 0 Å². The predicted molar refractivity (Wildman–Crippen MR) is 68.9 cm³/mol. The summed E-state index contributed by atoms with van der Waals surface area (Å²) in [6.45, 7) is 4.88. The van der Waals surface area contributed by atoms with E-state index in [1.807, 2.05) is 13.0 Å². The molecule has 17 heavy (non-hydrogen) atoms. The molecule has 0 radical (unpaired) electrons. The van der Waals surface area contributed by atoms with Crippen LogP contribution in [0.2, 0.25) is 0 Å². The molecule has 1 saturated heterocycles. The van der Waals surface area contributed by atoms with Crippen molar-refractivity contribution in [3.8, 4) is 0 Å². The van der Waals surface area contributed by atoms with Crippen LogP contribution in [0.3, 0.4) is 0 Å². The lowest BCUT2D eigenvalue weighted by Crippen LogP contribution is -2.21. The summed E-state index contributed by atoms with van der Waals surface area (Å²) in [7, 11) is 0. The summed E-state index contributed by atoms with van der Waals surface area (Å²) < 4.78 is 0. The van der Waals surface area contributed by atoms with Gasteiger partial charge in [0.05, 0.1) is 0 Å². The summed E-state index contributed by atoms with van der Waals surface area (Å²) >= 11 is 0. The molecule has 2 rings (SSSR count).